The van der Waals surface area contributed by atoms with Gasteiger partial charge in [-0.1, -0.05) is 13.8 Å². The lowest BCUT2D eigenvalue weighted by molar-refractivity contribution is 0.142. The van der Waals surface area contributed by atoms with Gasteiger partial charge in [-0.05, 0) is 18.3 Å². The molecule has 1 aromatic rings. The van der Waals surface area contributed by atoms with Crippen molar-refractivity contribution in [3.05, 3.63) is 16.1 Å². The lowest BCUT2D eigenvalue weighted by Gasteiger charge is -2.34. The van der Waals surface area contributed by atoms with E-state index in [2.05, 4.69) is 29.1 Å². The van der Waals surface area contributed by atoms with E-state index in [1.165, 1.54) is 24.5 Å². The zero-order valence-corrected chi connectivity index (χ0v) is 12.2. The molecule has 1 saturated heterocycles. The third kappa shape index (κ3) is 3.94. The summed E-state index contributed by atoms with van der Waals surface area (Å²) in [6.45, 7) is 8.36. The van der Waals surface area contributed by atoms with Gasteiger partial charge in [0.15, 0.2) is 0 Å². The molecule has 2 heterocycles. The highest BCUT2D eigenvalue weighted by Gasteiger charge is 2.21. The average molecular weight is 273 g/mol. The fraction of sp³-hybridized carbons (Fsp3) is 0.769. The van der Waals surface area contributed by atoms with Crippen LogP contribution in [0.25, 0.3) is 0 Å². The van der Waals surface area contributed by atoms with Crippen molar-refractivity contribution in [2.45, 2.75) is 32.6 Å². The zero-order chi connectivity index (χ0) is 12.3. The lowest BCUT2D eigenvalue weighted by Crippen LogP contribution is -2.39. The molecule has 2 atom stereocenters. The minimum Gasteiger partial charge on any atom is -0.302 e. The van der Waals surface area contributed by atoms with Crippen LogP contribution in [0.3, 0.4) is 0 Å². The monoisotopic (exact) mass is 272 g/mol. The van der Waals surface area contributed by atoms with Gasteiger partial charge in [0.1, 0.15) is 0 Å². The summed E-state index contributed by atoms with van der Waals surface area (Å²) in [5, 5.41) is 3.30. The molecule has 2 unspecified atom stereocenters. The van der Waals surface area contributed by atoms with Gasteiger partial charge in [-0.25, -0.2) is 4.98 Å². The van der Waals surface area contributed by atoms with Gasteiger partial charge in [0.05, 0.1) is 16.6 Å². The normalized spacial score (nSPS) is 26.3. The molecule has 0 saturated carbocycles. The molecule has 0 aliphatic carbocycles. The van der Waals surface area contributed by atoms with Crippen LogP contribution in [0.5, 0.6) is 0 Å². The van der Waals surface area contributed by atoms with Gasteiger partial charge >= 0.3 is 0 Å². The van der Waals surface area contributed by atoms with Gasteiger partial charge in [0.2, 0.25) is 0 Å². The molecule has 2 rings (SSSR count). The number of halogens is 1. The predicted molar refractivity (Wildman–Crippen MR) is 74.8 cm³/mol. The molecule has 1 aliphatic rings. The SMILES string of the molecule is CC1CC(C)CN(CCc2nc(CCl)cs2)C1. The number of hydrogen-bond acceptors (Lipinski definition) is 3. The second-order valence-electron chi connectivity index (χ2n) is 5.32. The molecule has 17 heavy (non-hydrogen) atoms. The molecule has 2 nitrogen and oxygen atoms in total. The highest BCUT2D eigenvalue weighted by molar-refractivity contribution is 7.09. The summed E-state index contributed by atoms with van der Waals surface area (Å²) in [4.78, 5) is 7.10. The van der Waals surface area contributed by atoms with Gasteiger partial charge in [-0.3, -0.25) is 0 Å². The van der Waals surface area contributed by atoms with E-state index in [-0.39, 0.29) is 0 Å². The van der Waals surface area contributed by atoms with Gasteiger partial charge in [-0.15, -0.1) is 22.9 Å². The highest BCUT2D eigenvalue weighted by Crippen LogP contribution is 2.21. The van der Waals surface area contributed by atoms with Crippen molar-refractivity contribution in [1.29, 1.82) is 0 Å². The third-order valence-corrected chi connectivity index (χ3v) is 4.55. The van der Waals surface area contributed by atoms with E-state index in [4.69, 9.17) is 11.6 Å². The maximum atomic E-state index is 5.76. The first-order valence-electron chi connectivity index (χ1n) is 6.39. The summed E-state index contributed by atoms with van der Waals surface area (Å²) in [5.74, 6) is 2.22. The molecule has 4 heteroatoms. The number of aromatic nitrogens is 1. The molecule has 0 spiro atoms. The Morgan fingerprint density at radius 3 is 2.71 bits per heavy atom. The van der Waals surface area contributed by atoms with E-state index in [9.17, 15) is 0 Å². The number of likely N-dealkylation sites (tertiary alicyclic amines) is 1. The Labute approximate surface area is 113 Å². The maximum Gasteiger partial charge on any atom is 0.0941 e. The quantitative estimate of drug-likeness (QED) is 0.781. The largest absolute Gasteiger partial charge is 0.302 e. The minimum absolute atomic E-state index is 0.536. The van der Waals surface area contributed by atoms with Crippen LogP contribution in [-0.4, -0.2) is 29.5 Å². The van der Waals surface area contributed by atoms with Gasteiger partial charge in [-0.2, -0.15) is 0 Å². The first kappa shape index (κ1) is 13.3. The number of nitrogens with zero attached hydrogens (tertiary/aromatic N) is 2. The topological polar surface area (TPSA) is 16.1 Å². The second kappa shape index (κ2) is 6.17. The van der Waals surface area contributed by atoms with Crippen LogP contribution in [0.2, 0.25) is 0 Å². The Morgan fingerprint density at radius 2 is 2.12 bits per heavy atom. The summed E-state index contributed by atoms with van der Waals surface area (Å²) >= 11 is 7.50. The fourth-order valence-corrected chi connectivity index (χ4v) is 3.77. The van der Waals surface area contributed by atoms with Crippen molar-refractivity contribution in [1.82, 2.24) is 9.88 Å². The number of thiazole rings is 1. The maximum absolute atomic E-state index is 5.76. The number of rotatable bonds is 4. The van der Waals surface area contributed by atoms with E-state index < -0.39 is 0 Å². The van der Waals surface area contributed by atoms with Gasteiger partial charge in [0.25, 0.3) is 0 Å². The second-order valence-corrected chi connectivity index (χ2v) is 6.53. The Balaban J connectivity index is 1.81. The van der Waals surface area contributed by atoms with Crippen molar-refractivity contribution >= 4 is 22.9 Å². The van der Waals surface area contributed by atoms with Crippen LogP contribution in [-0.2, 0) is 12.3 Å². The van der Waals surface area contributed by atoms with E-state index in [1.54, 1.807) is 11.3 Å². The van der Waals surface area contributed by atoms with Gasteiger partial charge in [0, 0.05) is 31.4 Å². The number of piperidine rings is 1. The Morgan fingerprint density at radius 1 is 1.41 bits per heavy atom. The fourth-order valence-electron chi connectivity index (χ4n) is 2.75. The minimum atomic E-state index is 0.536. The summed E-state index contributed by atoms with van der Waals surface area (Å²) in [6.07, 6.45) is 2.45. The van der Waals surface area contributed by atoms with E-state index in [0.717, 1.165) is 30.5 Å². The zero-order valence-electron chi connectivity index (χ0n) is 10.7. The molecule has 0 bridgehead atoms. The molecule has 0 aromatic carbocycles. The van der Waals surface area contributed by atoms with Crippen molar-refractivity contribution in [3.63, 3.8) is 0 Å². The van der Waals surface area contributed by atoms with E-state index in [1.807, 2.05) is 0 Å². The van der Waals surface area contributed by atoms with Crippen LogP contribution in [0.1, 0.15) is 31.0 Å². The van der Waals surface area contributed by atoms with E-state index >= 15 is 0 Å². The summed E-state index contributed by atoms with van der Waals surface area (Å²) in [5.41, 5.74) is 1.02. The molecular weight excluding hydrogens is 252 g/mol. The molecule has 0 amide bonds. The van der Waals surface area contributed by atoms with Crippen LogP contribution in [0.4, 0.5) is 0 Å². The van der Waals surface area contributed by atoms with Crippen molar-refractivity contribution in [2.75, 3.05) is 19.6 Å². The van der Waals surface area contributed by atoms with Crippen LogP contribution < -0.4 is 0 Å². The lowest BCUT2D eigenvalue weighted by atomic mass is 9.92. The third-order valence-electron chi connectivity index (χ3n) is 3.32. The van der Waals surface area contributed by atoms with Gasteiger partial charge < -0.3 is 4.90 Å². The summed E-state index contributed by atoms with van der Waals surface area (Å²) < 4.78 is 0. The first-order chi connectivity index (χ1) is 8.17. The number of alkyl halides is 1. The Kier molecular flexibility index (Phi) is 4.83. The first-order valence-corrected chi connectivity index (χ1v) is 7.80. The highest BCUT2D eigenvalue weighted by atomic mass is 35.5. The summed E-state index contributed by atoms with van der Waals surface area (Å²) in [6, 6.07) is 0. The Hall–Kier alpha value is -0.120. The molecule has 0 N–H and O–H groups in total. The van der Waals surface area contributed by atoms with Crippen molar-refractivity contribution in [2.24, 2.45) is 11.8 Å². The van der Waals surface area contributed by atoms with Crippen LogP contribution in [0.15, 0.2) is 5.38 Å². The van der Waals surface area contributed by atoms with E-state index in [0.29, 0.717) is 5.88 Å². The molecule has 1 fully saturated rings. The van der Waals surface area contributed by atoms with Crippen molar-refractivity contribution < 1.29 is 0 Å². The smallest absolute Gasteiger partial charge is 0.0941 e. The predicted octanol–water partition coefficient (Wildman–Crippen LogP) is 3.40. The molecule has 1 aromatic heterocycles. The Bertz CT molecular complexity index is 343. The molecular formula is C13H21ClN2S. The van der Waals surface area contributed by atoms with Crippen molar-refractivity contribution in [3.8, 4) is 0 Å². The molecule has 96 valence electrons. The standard InChI is InChI=1S/C13H21ClN2S/c1-10-5-11(2)8-16(7-10)4-3-13-15-12(6-14)9-17-13/h9-11H,3-8H2,1-2H3. The summed E-state index contributed by atoms with van der Waals surface area (Å²) in [7, 11) is 0. The van der Waals surface area contributed by atoms with Crippen LogP contribution in [0, 0.1) is 11.8 Å². The average Bonchev–Trinajstić information content (AvgIpc) is 2.73. The number of hydrogen-bond donors (Lipinski definition) is 0. The van der Waals surface area contributed by atoms with Crippen LogP contribution >= 0.6 is 22.9 Å². The molecule has 1 aliphatic heterocycles. The molecule has 0 radical (unpaired) electrons.